The fraction of sp³-hybridized carbons (Fsp3) is 0.714. The van der Waals surface area contributed by atoms with Gasteiger partial charge in [0.2, 0.25) is 0 Å². The molecule has 5 heteroatoms. The van der Waals surface area contributed by atoms with E-state index in [1.807, 2.05) is 13.0 Å². The predicted octanol–water partition coefficient (Wildman–Crippen LogP) is 1.03. The normalized spacial score (nSPS) is 18.6. The van der Waals surface area contributed by atoms with Crippen LogP contribution in [0.4, 0.5) is 5.82 Å². The maximum Gasteiger partial charge on any atom is 0.151 e. The number of aromatic nitrogens is 2. The molecule has 1 aliphatic rings. The van der Waals surface area contributed by atoms with Crippen LogP contribution in [0.3, 0.4) is 0 Å². The highest BCUT2D eigenvalue weighted by molar-refractivity contribution is 5.37. The zero-order chi connectivity index (χ0) is 13.7. The fourth-order valence-electron chi connectivity index (χ4n) is 2.71. The summed E-state index contributed by atoms with van der Waals surface area (Å²) in [5.74, 6) is 0.997. The Morgan fingerprint density at radius 3 is 2.47 bits per heavy atom. The number of hydrogen-bond donors (Lipinski definition) is 1. The average Bonchev–Trinajstić information content (AvgIpc) is 2.46. The molecule has 1 atom stereocenters. The van der Waals surface area contributed by atoms with Crippen LogP contribution in [0.2, 0.25) is 0 Å². The zero-order valence-electron chi connectivity index (χ0n) is 12.0. The average molecular weight is 263 g/mol. The summed E-state index contributed by atoms with van der Waals surface area (Å²) in [4.78, 5) is 4.88. The van der Waals surface area contributed by atoms with Gasteiger partial charge in [0.1, 0.15) is 0 Å². The van der Waals surface area contributed by atoms with Gasteiger partial charge in [-0.2, -0.15) is 5.10 Å². The largest absolute Gasteiger partial charge is 0.353 e. The second kappa shape index (κ2) is 6.82. The van der Waals surface area contributed by atoms with Gasteiger partial charge >= 0.3 is 0 Å². The molecule has 1 aliphatic heterocycles. The van der Waals surface area contributed by atoms with Crippen molar-refractivity contribution in [2.45, 2.75) is 32.7 Å². The Kier molecular flexibility index (Phi) is 5.10. The lowest BCUT2D eigenvalue weighted by Gasteiger charge is -2.39. The van der Waals surface area contributed by atoms with Crippen molar-refractivity contribution >= 4 is 5.82 Å². The van der Waals surface area contributed by atoms with Crippen molar-refractivity contribution in [3.05, 3.63) is 17.8 Å². The lowest BCUT2D eigenvalue weighted by atomic mass is 10.1. The fourth-order valence-corrected chi connectivity index (χ4v) is 2.71. The summed E-state index contributed by atoms with van der Waals surface area (Å²) in [6, 6.07) is 4.73. The highest BCUT2D eigenvalue weighted by Gasteiger charge is 2.22. The van der Waals surface area contributed by atoms with Crippen LogP contribution in [0.25, 0.3) is 0 Å². The van der Waals surface area contributed by atoms with E-state index in [1.165, 1.54) is 6.42 Å². The molecule has 0 radical (unpaired) electrons. The first-order valence-corrected chi connectivity index (χ1v) is 7.24. The standard InChI is InChI=1S/C14H25N5/c1-3-13(6-7-15)18-8-10-19(11-9-18)14-5-4-12(2)16-17-14/h4-5,13H,3,6-11,15H2,1-2H3. The van der Waals surface area contributed by atoms with Gasteiger partial charge in [-0.05, 0) is 38.4 Å². The molecule has 1 fully saturated rings. The SMILES string of the molecule is CCC(CCN)N1CCN(c2ccc(C)nn2)CC1. The van der Waals surface area contributed by atoms with Crippen molar-refractivity contribution in [2.75, 3.05) is 37.6 Å². The van der Waals surface area contributed by atoms with Gasteiger partial charge in [0.15, 0.2) is 5.82 Å². The van der Waals surface area contributed by atoms with Gasteiger partial charge in [0.05, 0.1) is 5.69 Å². The summed E-state index contributed by atoms with van der Waals surface area (Å²) in [5.41, 5.74) is 6.66. The van der Waals surface area contributed by atoms with Gasteiger partial charge in [-0.3, -0.25) is 4.90 Å². The third-order valence-electron chi connectivity index (χ3n) is 3.91. The van der Waals surface area contributed by atoms with E-state index in [2.05, 4.69) is 33.0 Å². The Hall–Kier alpha value is -1.20. The van der Waals surface area contributed by atoms with Gasteiger partial charge in [0.25, 0.3) is 0 Å². The molecule has 2 N–H and O–H groups in total. The third-order valence-corrected chi connectivity index (χ3v) is 3.91. The molecule has 1 aromatic heterocycles. The molecule has 19 heavy (non-hydrogen) atoms. The van der Waals surface area contributed by atoms with Crippen molar-refractivity contribution < 1.29 is 0 Å². The van der Waals surface area contributed by atoms with Crippen LogP contribution >= 0.6 is 0 Å². The monoisotopic (exact) mass is 263 g/mol. The van der Waals surface area contributed by atoms with Crippen LogP contribution in [0.15, 0.2) is 12.1 Å². The van der Waals surface area contributed by atoms with Crippen molar-refractivity contribution in [1.82, 2.24) is 15.1 Å². The Labute approximate surface area is 115 Å². The zero-order valence-corrected chi connectivity index (χ0v) is 12.0. The first-order valence-electron chi connectivity index (χ1n) is 7.24. The molecule has 0 bridgehead atoms. The molecular formula is C14H25N5. The van der Waals surface area contributed by atoms with E-state index < -0.39 is 0 Å². The molecule has 2 rings (SSSR count). The van der Waals surface area contributed by atoms with Crippen molar-refractivity contribution in [3.8, 4) is 0 Å². The van der Waals surface area contributed by atoms with Crippen LogP contribution in [-0.4, -0.2) is 53.9 Å². The summed E-state index contributed by atoms with van der Waals surface area (Å²) >= 11 is 0. The van der Waals surface area contributed by atoms with Crippen LogP contribution < -0.4 is 10.6 Å². The molecule has 0 aromatic carbocycles. The van der Waals surface area contributed by atoms with E-state index in [1.54, 1.807) is 0 Å². The van der Waals surface area contributed by atoms with Gasteiger partial charge in [-0.1, -0.05) is 6.92 Å². The lowest BCUT2D eigenvalue weighted by Crippen LogP contribution is -2.51. The van der Waals surface area contributed by atoms with Crippen LogP contribution in [-0.2, 0) is 0 Å². The minimum absolute atomic E-state index is 0.635. The van der Waals surface area contributed by atoms with E-state index in [9.17, 15) is 0 Å². The summed E-state index contributed by atoms with van der Waals surface area (Å²) in [5, 5.41) is 8.40. The highest BCUT2D eigenvalue weighted by atomic mass is 15.3. The second-order valence-corrected chi connectivity index (χ2v) is 5.20. The summed E-state index contributed by atoms with van der Waals surface area (Å²) in [7, 11) is 0. The number of nitrogens with two attached hydrogens (primary N) is 1. The maximum absolute atomic E-state index is 5.69. The number of rotatable bonds is 5. The van der Waals surface area contributed by atoms with Gasteiger partial charge in [-0.15, -0.1) is 5.10 Å². The summed E-state index contributed by atoms with van der Waals surface area (Å²) < 4.78 is 0. The smallest absolute Gasteiger partial charge is 0.151 e. The predicted molar refractivity (Wildman–Crippen MR) is 78.3 cm³/mol. The number of aryl methyl sites for hydroxylation is 1. The van der Waals surface area contributed by atoms with Crippen molar-refractivity contribution in [1.29, 1.82) is 0 Å². The molecule has 1 aromatic rings. The number of piperazine rings is 1. The summed E-state index contributed by atoms with van der Waals surface area (Å²) in [6.07, 6.45) is 2.28. The minimum Gasteiger partial charge on any atom is -0.353 e. The Morgan fingerprint density at radius 2 is 1.95 bits per heavy atom. The molecule has 106 valence electrons. The topological polar surface area (TPSA) is 58.3 Å². The molecule has 1 unspecified atom stereocenters. The molecule has 0 saturated carbocycles. The summed E-state index contributed by atoms with van der Waals surface area (Å²) in [6.45, 7) is 9.23. The first kappa shape index (κ1) is 14.2. The van der Waals surface area contributed by atoms with Crippen LogP contribution in [0.1, 0.15) is 25.5 Å². The van der Waals surface area contributed by atoms with E-state index in [0.717, 1.165) is 50.7 Å². The van der Waals surface area contributed by atoms with E-state index in [0.29, 0.717) is 6.04 Å². The molecule has 0 amide bonds. The van der Waals surface area contributed by atoms with Gasteiger partial charge < -0.3 is 10.6 Å². The molecule has 5 nitrogen and oxygen atoms in total. The third kappa shape index (κ3) is 3.64. The Morgan fingerprint density at radius 1 is 1.21 bits per heavy atom. The molecule has 0 aliphatic carbocycles. The van der Waals surface area contributed by atoms with E-state index in [-0.39, 0.29) is 0 Å². The Bertz CT molecular complexity index is 370. The van der Waals surface area contributed by atoms with Crippen LogP contribution in [0, 0.1) is 6.92 Å². The number of nitrogens with zero attached hydrogens (tertiary/aromatic N) is 4. The van der Waals surface area contributed by atoms with Crippen molar-refractivity contribution in [2.24, 2.45) is 5.73 Å². The lowest BCUT2D eigenvalue weighted by molar-refractivity contribution is 0.173. The highest BCUT2D eigenvalue weighted by Crippen LogP contribution is 2.16. The molecular weight excluding hydrogens is 238 g/mol. The Balaban J connectivity index is 1.89. The molecule has 1 saturated heterocycles. The molecule has 0 spiro atoms. The minimum atomic E-state index is 0.635. The maximum atomic E-state index is 5.69. The van der Waals surface area contributed by atoms with Crippen molar-refractivity contribution in [3.63, 3.8) is 0 Å². The second-order valence-electron chi connectivity index (χ2n) is 5.20. The van der Waals surface area contributed by atoms with Gasteiger partial charge in [-0.25, -0.2) is 0 Å². The van der Waals surface area contributed by atoms with E-state index >= 15 is 0 Å². The van der Waals surface area contributed by atoms with Crippen LogP contribution in [0.5, 0.6) is 0 Å². The van der Waals surface area contributed by atoms with E-state index in [4.69, 9.17) is 5.73 Å². The molecule has 2 heterocycles. The van der Waals surface area contributed by atoms with Gasteiger partial charge in [0, 0.05) is 32.2 Å². The quantitative estimate of drug-likeness (QED) is 0.860. The number of hydrogen-bond acceptors (Lipinski definition) is 5. The first-order chi connectivity index (χ1) is 9.24. The number of anilines is 1.